The number of oxazole rings is 2. The van der Waals surface area contributed by atoms with Crippen LogP contribution < -0.4 is 10.6 Å². The molecule has 0 unspecified atom stereocenters. The van der Waals surface area contributed by atoms with Gasteiger partial charge in [0, 0.05) is 16.1 Å². The van der Waals surface area contributed by atoms with Gasteiger partial charge in [-0.15, -0.1) is 0 Å². The van der Waals surface area contributed by atoms with E-state index in [0.717, 1.165) is 34.2 Å². The third-order valence-corrected chi connectivity index (χ3v) is 4.40. The zero-order valence-electron chi connectivity index (χ0n) is 17.1. The highest BCUT2D eigenvalue weighted by Crippen LogP contribution is 2.22. The molecule has 0 aliphatic rings. The van der Waals surface area contributed by atoms with Crippen LogP contribution >= 0.6 is 11.6 Å². The summed E-state index contributed by atoms with van der Waals surface area (Å²) in [5.41, 5.74) is 2.04. The largest absolute Gasteiger partial charge is 0.439 e. The minimum Gasteiger partial charge on any atom is -0.439 e. The second-order valence-corrected chi connectivity index (χ2v) is 6.86. The van der Waals surface area contributed by atoms with Crippen LogP contribution in [0.15, 0.2) is 75.8 Å². The monoisotopic (exact) mass is 424 g/mol. The summed E-state index contributed by atoms with van der Waals surface area (Å²) in [6, 6.07) is 17.5. The Morgan fingerprint density at radius 2 is 1.37 bits per heavy atom. The molecule has 2 aromatic heterocycles. The molecule has 30 heavy (non-hydrogen) atoms. The van der Waals surface area contributed by atoms with Crippen LogP contribution in [0.1, 0.15) is 18.7 Å². The van der Waals surface area contributed by atoms with Gasteiger partial charge in [-0.05, 0) is 37.9 Å². The van der Waals surface area contributed by atoms with Crippen molar-refractivity contribution in [3.63, 3.8) is 0 Å². The fourth-order valence-corrected chi connectivity index (χ4v) is 2.78. The summed E-state index contributed by atoms with van der Waals surface area (Å²) in [7, 11) is 1.87. The van der Waals surface area contributed by atoms with Gasteiger partial charge in [0.2, 0.25) is 11.8 Å². The number of nitrogens with zero attached hydrogens (tertiary/aromatic N) is 2. The van der Waals surface area contributed by atoms with Crippen molar-refractivity contribution in [3.8, 4) is 22.6 Å². The van der Waals surface area contributed by atoms with Crippen molar-refractivity contribution in [2.75, 3.05) is 13.6 Å². The number of hydrogen-bond donors (Lipinski definition) is 2. The fraction of sp³-hybridized carbons (Fsp3) is 0.217. The first-order valence-corrected chi connectivity index (χ1v) is 10.1. The molecule has 6 nitrogen and oxygen atoms in total. The van der Waals surface area contributed by atoms with Crippen LogP contribution in [-0.4, -0.2) is 23.6 Å². The van der Waals surface area contributed by atoms with E-state index in [1.807, 2.05) is 68.6 Å². The van der Waals surface area contributed by atoms with E-state index in [2.05, 4.69) is 20.6 Å². The Hall–Kier alpha value is -2.93. The predicted octanol–water partition coefficient (Wildman–Crippen LogP) is 5.17. The molecule has 2 N–H and O–H groups in total. The standard InChI is InChI=1S/C12H13ClN2O.C11H12N2O/c1-2-14-8-12-15-7-11(16-12)9-3-5-10(13)6-4-9;1-12-8-11-13-7-10(14-11)9-5-3-2-4-6-9/h3-7,14H,2,8H2,1H3;2-7,12H,8H2,1H3. The quantitative estimate of drug-likeness (QED) is 0.426. The highest BCUT2D eigenvalue weighted by molar-refractivity contribution is 6.30. The molecule has 2 heterocycles. The van der Waals surface area contributed by atoms with Gasteiger partial charge in [0.25, 0.3) is 0 Å². The van der Waals surface area contributed by atoms with E-state index in [9.17, 15) is 0 Å². The number of aromatic nitrogens is 2. The van der Waals surface area contributed by atoms with Crippen molar-refractivity contribution in [2.45, 2.75) is 20.0 Å². The molecular formula is C23H25ClN4O2. The number of hydrogen-bond acceptors (Lipinski definition) is 6. The van der Waals surface area contributed by atoms with Crippen LogP contribution in [0.2, 0.25) is 5.02 Å². The maximum Gasteiger partial charge on any atom is 0.208 e. The van der Waals surface area contributed by atoms with Crippen molar-refractivity contribution >= 4 is 11.6 Å². The normalized spacial score (nSPS) is 10.5. The highest BCUT2D eigenvalue weighted by atomic mass is 35.5. The number of halogens is 1. The van der Waals surface area contributed by atoms with Gasteiger partial charge in [0.05, 0.1) is 25.5 Å². The molecule has 156 valence electrons. The third-order valence-electron chi connectivity index (χ3n) is 4.15. The summed E-state index contributed by atoms with van der Waals surface area (Å²) in [5.74, 6) is 3.00. The molecule has 2 aromatic carbocycles. The second-order valence-electron chi connectivity index (χ2n) is 6.42. The SMILES string of the molecule is CCNCc1ncc(-c2ccc(Cl)cc2)o1.CNCc1ncc(-c2ccccc2)o1. The van der Waals surface area contributed by atoms with Crippen LogP contribution in [0.3, 0.4) is 0 Å². The van der Waals surface area contributed by atoms with Crippen molar-refractivity contribution in [2.24, 2.45) is 0 Å². The first kappa shape index (κ1) is 21.8. The maximum atomic E-state index is 5.82. The lowest BCUT2D eigenvalue weighted by Gasteiger charge is -1.97. The Kier molecular flexibility index (Phi) is 8.20. The van der Waals surface area contributed by atoms with Gasteiger partial charge in [0.1, 0.15) is 0 Å². The molecular weight excluding hydrogens is 400 g/mol. The number of rotatable bonds is 7. The van der Waals surface area contributed by atoms with E-state index in [-0.39, 0.29) is 0 Å². The lowest BCUT2D eigenvalue weighted by molar-refractivity contribution is 0.482. The van der Waals surface area contributed by atoms with E-state index < -0.39 is 0 Å². The van der Waals surface area contributed by atoms with Gasteiger partial charge in [-0.1, -0.05) is 48.9 Å². The molecule has 0 saturated heterocycles. The average molecular weight is 425 g/mol. The molecule has 0 spiro atoms. The molecule has 0 atom stereocenters. The Balaban J connectivity index is 0.000000172. The topological polar surface area (TPSA) is 76.1 Å². The molecule has 0 radical (unpaired) electrons. The molecule has 0 fully saturated rings. The van der Waals surface area contributed by atoms with E-state index in [4.69, 9.17) is 20.4 Å². The highest BCUT2D eigenvalue weighted by Gasteiger charge is 2.06. The number of benzene rings is 2. The van der Waals surface area contributed by atoms with Crippen LogP contribution in [0.4, 0.5) is 0 Å². The second kappa shape index (κ2) is 11.3. The van der Waals surface area contributed by atoms with Crippen molar-refractivity contribution in [1.29, 1.82) is 0 Å². The van der Waals surface area contributed by atoms with Crippen molar-refractivity contribution in [1.82, 2.24) is 20.6 Å². The van der Waals surface area contributed by atoms with Gasteiger partial charge < -0.3 is 19.5 Å². The molecule has 0 amide bonds. The van der Waals surface area contributed by atoms with E-state index in [1.54, 1.807) is 12.4 Å². The van der Waals surface area contributed by atoms with Crippen molar-refractivity contribution < 1.29 is 8.83 Å². The third kappa shape index (κ3) is 6.29. The van der Waals surface area contributed by atoms with E-state index in [1.165, 1.54) is 0 Å². The number of nitrogens with one attached hydrogen (secondary N) is 2. The molecule has 0 saturated carbocycles. The predicted molar refractivity (Wildman–Crippen MR) is 119 cm³/mol. The summed E-state index contributed by atoms with van der Waals surface area (Å²) in [5, 5.41) is 6.87. The Morgan fingerprint density at radius 1 is 0.800 bits per heavy atom. The summed E-state index contributed by atoms with van der Waals surface area (Å²) in [4.78, 5) is 8.34. The molecule has 0 aliphatic carbocycles. The first-order chi connectivity index (χ1) is 14.7. The molecule has 0 aliphatic heterocycles. The minimum absolute atomic E-state index is 0.657. The zero-order valence-corrected chi connectivity index (χ0v) is 17.8. The van der Waals surface area contributed by atoms with E-state index in [0.29, 0.717) is 24.9 Å². The van der Waals surface area contributed by atoms with Gasteiger partial charge >= 0.3 is 0 Å². The molecule has 0 bridgehead atoms. The smallest absolute Gasteiger partial charge is 0.208 e. The Labute approximate surface area is 181 Å². The lowest BCUT2D eigenvalue weighted by Crippen LogP contribution is -2.11. The van der Waals surface area contributed by atoms with Crippen LogP contribution in [0, 0.1) is 0 Å². The van der Waals surface area contributed by atoms with Gasteiger partial charge in [-0.25, -0.2) is 9.97 Å². The maximum absolute atomic E-state index is 5.82. The minimum atomic E-state index is 0.657. The van der Waals surface area contributed by atoms with Gasteiger partial charge in [-0.3, -0.25) is 0 Å². The van der Waals surface area contributed by atoms with E-state index >= 15 is 0 Å². The van der Waals surface area contributed by atoms with Crippen LogP contribution in [0.5, 0.6) is 0 Å². The molecule has 4 rings (SSSR count). The molecule has 4 aromatic rings. The van der Waals surface area contributed by atoms with Gasteiger partial charge in [-0.2, -0.15) is 0 Å². The van der Waals surface area contributed by atoms with Crippen LogP contribution in [-0.2, 0) is 13.1 Å². The average Bonchev–Trinajstić information content (AvgIpc) is 3.44. The summed E-state index contributed by atoms with van der Waals surface area (Å²) in [6.07, 6.45) is 3.48. The zero-order chi connectivity index (χ0) is 21.2. The first-order valence-electron chi connectivity index (χ1n) is 9.75. The Bertz CT molecular complexity index is 1010. The lowest BCUT2D eigenvalue weighted by atomic mass is 10.2. The molecule has 7 heteroatoms. The van der Waals surface area contributed by atoms with Gasteiger partial charge in [0.15, 0.2) is 11.5 Å². The fourth-order valence-electron chi connectivity index (χ4n) is 2.65. The van der Waals surface area contributed by atoms with Crippen LogP contribution in [0.25, 0.3) is 22.6 Å². The summed E-state index contributed by atoms with van der Waals surface area (Å²) in [6.45, 7) is 4.26. The summed E-state index contributed by atoms with van der Waals surface area (Å²) >= 11 is 5.82. The van der Waals surface area contributed by atoms with Crippen molar-refractivity contribution in [3.05, 3.63) is 83.8 Å². The summed E-state index contributed by atoms with van der Waals surface area (Å²) < 4.78 is 11.1. The Morgan fingerprint density at radius 3 is 1.93 bits per heavy atom.